The van der Waals surface area contributed by atoms with Crippen molar-refractivity contribution in [2.45, 2.75) is 13.0 Å². The Hall–Kier alpha value is -3.07. The molecule has 5 N–H and O–H groups in total. The first kappa shape index (κ1) is 20.2. The molecule has 2 aromatic carbocycles. The molecule has 1 unspecified atom stereocenters. The van der Waals surface area contributed by atoms with Gasteiger partial charge in [-0.3, -0.25) is 10.1 Å². The molecule has 7 nitrogen and oxygen atoms in total. The number of carbonyl (C=O) groups is 2. The molecule has 1 atom stereocenters. The molecule has 0 aliphatic heterocycles. The van der Waals surface area contributed by atoms with Crippen LogP contribution >= 0.6 is 22.9 Å². The van der Waals surface area contributed by atoms with Crippen molar-refractivity contribution < 1.29 is 19.1 Å². The molecule has 154 valence electrons. The summed E-state index contributed by atoms with van der Waals surface area (Å²) in [5.74, 6) is 0.0134. The van der Waals surface area contributed by atoms with Gasteiger partial charge in [0.1, 0.15) is 16.9 Å². The molecule has 1 aliphatic rings. The Morgan fingerprint density at radius 3 is 2.50 bits per heavy atom. The van der Waals surface area contributed by atoms with Crippen LogP contribution in [0.15, 0.2) is 42.5 Å². The summed E-state index contributed by atoms with van der Waals surface area (Å²) in [4.78, 5) is 23.8. The highest BCUT2D eigenvalue weighted by atomic mass is 35.5. The minimum absolute atomic E-state index is 0.0612. The number of halogens is 1. The molecule has 0 fully saturated rings. The third kappa shape index (κ3) is 3.97. The van der Waals surface area contributed by atoms with Crippen molar-refractivity contribution in [2.75, 3.05) is 12.1 Å². The normalized spacial score (nSPS) is 14.1. The van der Waals surface area contributed by atoms with Crippen LogP contribution in [-0.4, -0.2) is 18.7 Å². The lowest BCUT2D eigenvalue weighted by molar-refractivity contribution is -0.00181. The summed E-state index contributed by atoms with van der Waals surface area (Å²) in [6.07, 6.45) is -0.0612. The smallest absolute Gasteiger partial charge is 0.317 e. The van der Waals surface area contributed by atoms with Crippen LogP contribution in [0.1, 0.15) is 33.2 Å². The topological polar surface area (TPSA) is 117 Å². The van der Waals surface area contributed by atoms with Crippen LogP contribution in [-0.2, 0) is 4.74 Å². The molecule has 1 aliphatic carbocycles. The number of thiophene rings is 1. The molecular formula is C21H18ClN3O4S. The van der Waals surface area contributed by atoms with E-state index in [-0.39, 0.29) is 18.5 Å². The second kappa shape index (κ2) is 7.98. The van der Waals surface area contributed by atoms with Gasteiger partial charge in [-0.15, -0.1) is 11.3 Å². The number of nitrogens with two attached hydrogens (primary N) is 2. The number of primary amides is 2. The summed E-state index contributed by atoms with van der Waals surface area (Å²) in [7, 11) is 0. The number of rotatable bonds is 7. The third-order valence-electron chi connectivity index (χ3n) is 4.74. The number of nitrogens with one attached hydrogen (secondary N) is 1. The number of hydrogen-bond acceptors (Lipinski definition) is 5. The lowest BCUT2D eigenvalue weighted by Gasteiger charge is -2.07. The van der Waals surface area contributed by atoms with Crippen molar-refractivity contribution in [3.05, 3.63) is 69.7 Å². The van der Waals surface area contributed by atoms with Crippen LogP contribution in [0.3, 0.4) is 0 Å². The van der Waals surface area contributed by atoms with Crippen molar-refractivity contribution in [3.63, 3.8) is 0 Å². The van der Waals surface area contributed by atoms with E-state index in [1.807, 2.05) is 30.3 Å². The Morgan fingerprint density at radius 2 is 1.87 bits per heavy atom. The maximum atomic E-state index is 11.8. The Labute approximate surface area is 181 Å². The first-order chi connectivity index (χ1) is 14.3. The number of anilines is 1. The van der Waals surface area contributed by atoms with Gasteiger partial charge in [-0.05, 0) is 65.6 Å². The molecule has 1 aromatic heterocycles. The molecule has 0 saturated carbocycles. The SMILES string of the molecule is Cc1c(-c2ccc(OCOC3c4ccc(Cl)cc43)cc2)sc(NC(N)=O)c1C(N)=O. The summed E-state index contributed by atoms with van der Waals surface area (Å²) < 4.78 is 11.4. The molecule has 0 saturated heterocycles. The molecule has 3 aromatic rings. The van der Waals surface area contributed by atoms with Crippen LogP contribution in [0.2, 0.25) is 5.02 Å². The van der Waals surface area contributed by atoms with Gasteiger partial charge in [0.25, 0.3) is 5.91 Å². The quantitative estimate of drug-likeness (QED) is 0.468. The van der Waals surface area contributed by atoms with E-state index in [2.05, 4.69) is 5.32 Å². The predicted octanol–water partition coefficient (Wildman–Crippen LogP) is 4.42. The van der Waals surface area contributed by atoms with Gasteiger partial charge in [-0.25, -0.2) is 4.79 Å². The molecule has 0 radical (unpaired) electrons. The van der Waals surface area contributed by atoms with Gasteiger partial charge in [-0.1, -0.05) is 17.7 Å². The summed E-state index contributed by atoms with van der Waals surface area (Å²) >= 11 is 7.20. The average molecular weight is 444 g/mol. The first-order valence-electron chi connectivity index (χ1n) is 8.99. The fraction of sp³-hybridized carbons (Fsp3) is 0.143. The minimum Gasteiger partial charge on any atom is -0.468 e. The van der Waals surface area contributed by atoms with E-state index in [9.17, 15) is 9.59 Å². The zero-order valence-electron chi connectivity index (χ0n) is 15.9. The zero-order valence-corrected chi connectivity index (χ0v) is 17.5. The third-order valence-corrected chi connectivity index (χ3v) is 6.23. The number of benzene rings is 2. The van der Waals surface area contributed by atoms with E-state index >= 15 is 0 Å². The maximum Gasteiger partial charge on any atom is 0.317 e. The van der Waals surface area contributed by atoms with E-state index < -0.39 is 11.9 Å². The van der Waals surface area contributed by atoms with E-state index in [0.717, 1.165) is 21.6 Å². The van der Waals surface area contributed by atoms with Gasteiger partial charge in [0.2, 0.25) is 0 Å². The Morgan fingerprint density at radius 1 is 1.13 bits per heavy atom. The molecular weight excluding hydrogens is 426 g/mol. The van der Waals surface area contributed by atoms with Gasteiger partial charge >= 0.3 is 6.03 Å². The number of hydrogen-bond donors (Lipinski definition) is 3. The predicted molar refractivity (Wildman–Crippen MR) is 116 cm³/mol. The highest BCUT2D eigenvalue weighted by molar-refractivity contribution is 7.20. The van der Waals surface area contributed by atoms with Crippen molar-refractivity contribution in [1.29, 1.82) is 0 Å². The van der Waals surface area contributed by atoms with Crippen molar-refractivity contribution >= 4 is 39.9 Å². The highest BCUT2D eigenvalue weighted by Gasteiger charge is 2.33. The molecule has 9 heteroatoms. The standard InChI is InChI=1S/C21H18ClN3O4S/c1-10-16(19(23)26)20(25-21(24)27)30-18(10)11-2-5-13(6-3-11)28-9-29-17-14-7-4-12(22)8-15(14)17/h2-8,17H,9H2,1H3,(H2,23,26)(H3,24,25,27). The van der Waals surface area contributed by atoms with Crippen LogP contribution in [0, 0.1) is 6.92 Å². The second-order valence-corrected chi connectivity index (χ2v) is 8.18. The molecule has 4 rings (SSSR count). The first-order valence-corrected chi connectivity index (χ1v) is 10.2. The second-order valence-electron chi connectivity index (χ2n) is 6.72. The van der Waals surface area contributed by atoms with Crippen molar-refractivity contribution in [2.24, 2.45) is 11.5 Å². The fourth-order valence-electron chi connectivity index (χ4n) is 3.28. The Balaban J connectivity index is 1.42. The average Bonchev–Trinajstić information content (AvgIpc) is 3.26. The van der Waals surface area contributed by atoms with E-state index in [4.69, 9.17) is 32.5 Å². The van der Waals surface area contributed by atoms with Crippen LogP contribution in [0.5, 0.6) is 5.75 Å². The highest BCUT2D eigenvalue weighted by Crippen LogP contribution is 2.45. The summed E-state index contributed by atoms with van der Waals surface area (Å²) in [5, 5.41) is 3.48. The lowest BCUT2D eigenvalue weighted by Crippen LogP contribution is -2.21. The van der Waals surface area contributed by atoms with Gasteiger partial charge < -0.3 is 20.9 Å². The Kier molecular flexibility index (Phi) is 5.38. The molecule has 1 heterocycles. The molecule has 30 heavy (non-hydrogen) atoms. The Bertz CT molecular complexity index is 1140. The van der Waals surface area contributed by atoms with E-state index in [1.54, 1.807) is 19.1 Å². The van der Waals surface area contributed by atoms with Crippen molar-refractivity contribution in [3.8, 4) is 16.2 Å². The maximum absolute atomic E-state index is 11.8. The number of fused-ring (bicyclic) bond motifs is 1. The van der Waals surface area contributed by atoms with Gasteiger partial charge in [-0.2, -0.15) is 0 Å². The zero-order chi connectivity index (χ0) is 21.4. The summed E-state index contributed by atoms with van der Waals surface area (Å²) in [6.45, 7) is 1.88. The minimum atomic E-state index is -0.755. The lowest BCUT2D eigenvalue weighted by atomic mass is 10.1. The van der Waals surface area contributed by atoms with E-state index in [1.165, 1.54) is 11.3 Å². The molecule has 0 spiro atoms. The van der Waals surface area contributed by atoms with Gasteiger partial charge in [0.05, 0.1) is 5.56 Å². The van der Waals surface area contributed by atoms with Crippen LogP contribution in [0.25, 0.3) is 10.4 Å². The number of urea groups is 1. The van der Waals surface area contributed by atoms with Gasteiger partial charge in [0.15, 0.2) is 6.79 Å². The number of carbonyl (C=O) groups excluding carboxylic acids is 2. The molecule has 0 bridgehead atoms. The summed E-state index contributed by atoms with van der Waals surface area (Å²) in [6, 6.07) is 12.2. The number of amides is 3. The van der Waals surface area contributed by atoms with Crippen LogP contribution in [0.4, 0.5) is 9.80 Å². The van der Waals surface area contributed by atoms with E-state index in [0.29, 0.717) is 21.3 Å². The van der Waals surface area contributed by atoms with Gasteiger partial charge in [0, 0.05) is 9.90 Å². The molecule has 3 amide bonds. The summed E-state index contributed by atoms with van der Waals surface area (Å²) in [5.41, 5.74) is 14.7. The fourth-order valence-corrected chi connectivity index (χ4v) is 4.68. The van der Waals surface area contributed by atoms with Crippen molar-refractivity contribution in [1.82, 2.24) is 0 Å². The largest absolute Gasteiger partial charge is 0.468 e. The number of ether oxygens (including phenoxy) is 2. The van der Waals surface area contributed by atoms with Crippen LogP contribution < -0.4 is 21.5 Å². The monoisotopic (exact) mass is 443 g/mol.